The fourth-order valence-electron chi connectivity index (χ4n) is 5.84. The van der Waals surface area contributed by atoms with E-state index in [2.05, 4.69) is 6.92 Å². The average Bonchev–Trinajstić information content (AvgIpc) is 2.93. The minimum atomic E-state index is -1.23. The number of hydrogen-bond acceptors (Lipinski definition) is 9. The van der Waals surface area contributed by atoms with Crippen molar-refractivity contribution in [3.8, 4) is 0 Å². The maximum absolute atomic E-state index is 11.7. The molecular formula is C18H26O9. The first kappa shape index (κ1) is 18.2. The maximum atomic E-state index is 11.7. The van der Waals surface area contributed by atoms with Crippen molar-refractivity contribution in [2.24, 2.45) is 29.6 Å². The second kappa shape index (κ2) is 6.09. The molecule has 12 atom stereocenters. The predicted octanol–water partition coefficient (Wildman–Crippen LogP) is -0.761. The molecule has 5 aliphatic rings. The zero-order valence-corrected chi connectivity index (χ0v) is 15.5. The summed E-state index contributed by atoms with van der Waals surface area (Å²) in [7, 11) is 1.45. The molecule has 0 aromatic heterocycles. The molecule has 0 aromatic carbocycles. The van der Waals surface area contributed by atoms with Crippen molar-refractivity contribution < 1.29 is 43.4 Å². The van der Waals surface area contributed by atoms with Crippen molar-refractivity contribution in [3.63, 3.8) is 0 Å². The Morgan fingerprint density at radius 1 is 1.33 bits per heavy atom. The zero-order valence-electron chi connectivity index (χ0n) is 15.5. The van der Waals surface area contributed by atoms with Crippen LogP contribution >= 0.6 is 0 Å². The van der Waals surface area contributed by atoms with Gasteiger partial charge in [0.25, 0.3) is 0 Å². The Hall–Kier alpha value is -0.810. The molecule has 27 heavy (non-hydrogen) atoms. The Balaban J connectivity index is 1.39. The third-order valence-corrected chi connectivity index (χ3v) is 7.18. The van der Waals surface area contributed by atoms with E-state index in [1.165, 1.54) is 14.0 Å². The SMILES string of the molecule is COC12O[C@@H](O[C@@H]3C4CO[C@@H]5OC4C3C5C)C(OC(C)=O)C1[C@H](O)C2CO. The van der Waals surface area contributed by atoms with Gasteiger partial charge < -0.3 is 38.6 Å². The van der Waals surface area contributed by atoms with Crippen molar-refractivity contribution in [1.82, 2.24) is 0 Å². The van der Waals surface area contributed by atoms with Gasteiger partial charge >= 0.3 is 5.97 Å². The van der Waals surface area contributed by atoms with Gasteiger partial charge in [-0.05, 0) is 0 Å². The van der Waals surface area contributed by atoms with E-state index in [1.807, 2.05) is 0 Å². The molecule has 0 aromatic rings. The van der Waals surface area contributed by atoms with Gasteiger partial charge in [-0.2, -0.15) is 0 Å². The minimum absolute atomic E-state index is 0.105. The van der Waals surface area contributed by atoms with Gasteiger partial charge in [-0.3, -0.25) is 4.79 Å². The second-order valence-corrected chi connectivity index (χ2v) is 8.29. The van der Waals surface area contributed by atoms with E-state index in [0.717, 1.165) is 0 Å². The lowest BCUT2D eigenvalue weighted by Crippen LogP contribution is -2.68. The predicted molar refractivity (Wildman–Crippen MR) is 85.9 cm³/mol. The molecule has 5 fully saturated rings. The number of esters is 1. The maximum Gasteiger partial charge on any atom is 0.303 e. The molecule has 0 spiro atoms. The van der Waals surface area contributed by atoms with Crippen LogP contribution in [0.25, 0.3) is 0 Å². The monoisotopic (exact) mass is 386 g/mol. The third kappa shape index (κ3) is 2.22. The first-order chi connectivity index (χ1) is 12.9. The van der Waals surface area contributed by atoms with Crippen molar-refractivity contribution in [2.45, 2.75) is 56.6 Å². The number of ether oxygens (including phenoxy) is 6. The zero-order chi connectivity index (χ0) is 19.1. The van der Waals surface area contributed by atoms with Gasteiger partial charge in [0, 0.05) is 31.8 Å². The fourth-order valence-corrected chi connectivity index (χ4v) is 5.84. The number of fused-ring (bicyclic) bond motifs is 2. The molecule has 8 unspecified atom stereocenters. The molecule has 0 amide bonds. The van der Waals surface area contributed by atoms with E-state index in [4.69, 9.17) is 28.4 Å². The summed E-state index contributed by atoms with van der Waals surface area (Å²) in [6.07, 6.45) is -2.81. The molecule has 3 saturated heterocycles. The van der Waals surface area contributed by atoms with Crippen LogP contribution in [0.1, 0.15) is 13.8 Å². The van der Waals surface area contributed by atoms with Crippen LogP contribution in [0.5, 0.6) is 0 Å². The van der Waals surface area contributed by atoms with Crippen molar-refractivity contribution >= 4 is 5.97 Å². The quantitative estimate of drug-likeness (QED) is 0.589. The van der Waals surface area contributed by atoms with Gasteiger partial charge in [0.2, 0.25) is 0 Å². The van der Waals surface area contributed by atoms with Crippen molar-refractivity contribution in [1.29, 1.82) is 0 Å². The molecule has 3 heterocycles. The molecule has 9 heteroatoms. The van der Waals surface area contributed by atoms with E-state index in [9.17, 15) is 15.0 Å². The molecular weight excluding hydrogens is 360 g/mol. The Bertz CT molecular complexity index is 626. The van der Waals surface area contributed by atoms with Crippen LogP contribution in [0.2, 0.25) is 0 Å². The Morgan fingerprint density at radius 2 is 2.11 bits per heavy atom. The van der Waals surface area contributed by atoms with Crippen LogP contribution in [0.3, 0.4) is 0 Å². The minimum Gasteiger partial charge on any atom is -0.457 e. The van der Waals surface area contributed by atoms with Gasteiger partial charge in [0.05, 0.1) is 43.4 Å². The summed E-state index contributed by atoms with van der Waals surface area (Å²) >= 11 is 0. The number of carbonyl (C=O) groups is 1. The van der Waals surface area contributed by atoms with Crippen molar-refractivity contribution in [2.75, 3.05) is 20.3 Å². The third-order valence-electron chi connectivity index (χ3n) is 7.18. The first-order valence-electron chi connectivity index (χ1n) is 9.54. The van der Waals surface area contributed by atoms with Crippen LogP contribution in [-0.2, 0) is 33.2 Å². The molecule has 5 rings (SSSR count). The highest BCUT2D eigenvalue weighted by Gasteiger charge is 2.75. The summed E-state index contributed by atoms with van der Waals surface area (Å²) in [5.74, 6) is -2.45. The lowest BCUT2D eigenvalue weighted by molar-refractivity contribution is -0.374. The summed E-state index contributed by atoms with van der Waals surface area (Å²) in [6.45, 7) is 3.65. The summed E-state index contributed by atoms with van der Waals surface area (Å²) in [5.41, 5.74) is 0. The number of rotatable bonds is 5. The number of methoxy groups -OCH3 is 1. The Labute approximate surface area is 156 Å². The van der Waals surface area contributed by atoms with Gasteiger partial charge in [-0.15, -0.1) is 0 Å². The molecule has 9 nitrogen and oxygen atoms in total. The molecule has 152 valence electrons. The van der Waals surface area contributed by atoms with Crippen LogP contribution in [-0.4, -0.2) is 79.3 Å². The van der Waals surface area contributed by atoms with Crippen LogP contribution in [0, 0.1) is 29.6 Å². The van der Waals surface area contributed by atoms with E-state index in [0.29, 0.717) is 6.61 Å². The molecule has 0 radical (unpaired) electrons. The second-order valence-electron chi connectivity index (χ2n) is 8.29. The summed E-state index contributed by atoms with van der Waals surface area (Å²) < 4.78 is 35.0. The highest BCUT2D eigenvalue weighted by molar-refractivity contribution is 5.66. The lowest BCUT2D eigenvalue weighted by Gasteiger charge is -2.52. The highest BCUT2D eigenvalue weighted by atomic mass is 16.8. The molecule has 2 aliphatic carbocycles. The molecule has 2 bridgehead atoms. The number of aliphatic hydroxyl groups excluding tert-OH is 2. The van der Waals surface area contributed by atoms with Gasteiger partial charge in [0.1, 0.15) is 0 Å². The van der Waals surface area contributed by atoms with E-state index in [-0.39, 0.29) is 42.9 Å². The van der Waals surface area contributed by atoms with Gasteiger partial charge in [-0.25, -0.2) is 0 Å². The summed E-state index contributed by atoms with van der Waals surface area (Å²) in [6, 6.07) is 0. The molecule has 3 aliphatic heterocycles. The number of aliphatic hydroxyl groups is 2. The van der Waals surface area contributed by atoms with Gasteiger partial charge in [0.15, 0.2) is 24.5 Å². The summed E-state index contributed by atoms with van der Waals surface area (Å²) in [4.78, 5) is 11.7. The molecule has 2 saturated carbocycles. The average molecular weight is 386 g/mol. The Kier molecular flexibility index (Phi) is 4.11. The number of hydrogen-bond donors (Lipinski definition) is 2. The fraction of sp³-hybridized carbons (Fsp3) is 0.944. The topological polar surface area (TPSA) is 113 Å². The lowest BCUT2D eigenvalue weighted by atomic mass is 9.64. The van der Waals surface area contributed by atoms with Crippen LogP contribution in [0.4, 0.5) is 0 Å². The van der Waals surface area contributed by atoms with E-state index in [1.54, 1.807) is 0 Å². The van der Waals surface area contributed by atoms with Crippen LogP contribution in [0.15, 0.2) is 0 Å². The Morgan fingerprint density at radius 3 is 2.78 bits per heavy atom. The molecule has 2 N–H and O–H groups in total. The largest absolute Gasteiger partial charge is 0.457 e. The smallest absolute Gasteiger partial charge is 0.303 e. The van der Waals surface area contributed by atoms with E-state index < -0.39 is 42.1 Å². The summed E-state index contributed by atoms with van der Waals surface area (Å²) in [5, 5.41) is 20.1. The highest BCUT2D eigenvalue weighted by Crippen LogP contribution is 2.59. The normalized spacial score (nSPS) is 57.6. The van der Waals surface area contributed by atoms with Crippen LogP contribution < -0.4 is 0 Å². The van der Waals surface area contributed by atoms with Crippen molar-refractivity contribution in [3.05, 3.63) is 0 Å². The van der Waals surface area contributed by atoms with E-state index >= 15 is 0 Å². The number of carbonyl (C=O) groups excluding carboxylic acids is 1. The first-order valence-corrected chi connectivity index (χ1v) is 9.54. The standard InChI is InChI=1S/C18H26O9/c1-6-10-13-8(5-23-16(6)25-13)14(10)26-17-15(24-7(2)20)11-12(21)9(4-19)18(11,22-3)27-17/h6,8-17,19,21H,4-5H2,1-3H3/t6?,8?,9?,10?,11?,12-,13?,14-,15?,16-,17-,18?/m1/s1. The van der Waals surface area contributed by atoms with Gasteiger partial charge in [-0.1, -0.05) is 6.92 Å².